The van der Waals surface area contributed by atoms with Crippen LogP contribution in [0.5, 0.6) is 0 Å². The molecule has 0 aliphatic carbocycles. The van der Waals surface area contributed by atoms with Gasteiger partial charge in [-0.25, -0.2) is 4.98 Å². The molecule has 0 aliphatic heterocycles. The summed E-state index contributed by atoms with van der Waals surface area (Å²) in [5.74, 6) is -0.134. The lowest BCUT2D eigenvalue weighted by Gasteiger charge is -2.00. The Kier molecular flexibility index (Phi) is 4.46. The van der Waals surface area contributed by atoms with E-state index in [0.717, 1.165) is 30.0 Å². The molecule has 2 aromatic heterocycles. The van der Waals surface area contributed by atoms with Gasteiger partial charge in [-0.15, -0.1) is 11.3 Å². The van der Waals surface area contributed by atoms with E-state index in [9.17, 15) is 4.79 Å². The molecule has 0 aromatic carbocycles. The first-order valence-corrected chi connectivity index (χ1v) is 6.88. The van der Waals surface area contributed by atoms with Crippen molar-refractivity contribution in [3.8, 4) is 0 Å². The smallest absolute Gasteiger partial charge is 0.271 e. The van der Waals surface area contributed by atoms with E-state index in [-0.39, 0.29) is 5.91 Å². The number of aromatic nitrogens is 3. The van der Waals surface area contributed by atoms with Crippen LogP contribution in [0.15, 0.2) is 17.6 Å². The first-order chi connectivity index (χ1) is 8.79. The van der Waals surface area contributed by atoms with Gasteiger partial charge < -0.3 is 5.32 Å². The number of nitrogens with one attached hydrogen (secondary N) is 2. The molecule has 0 fully saturated rings. The summed E-state index contributed by atoms with van der Waals surface area (Å²) in [5.41, 5.74) is 1.46. The molecule has 96 valence electrons. The SMILES string of the molecule is CCCc1cc(C(=O)NCCc2nccs2)n[nH]1. The molecule has 2 heterocycles. The molecular weight excluding hydrogens is 248 g/mol. The lowest BCUT2D eigenvalue weighted by molar-refractivity contribution is 0.0949. The number of hydrogen-bond donors (Lipinski definition) is 2. The second-order valence-corrected chi connectivity index (χ2v) is 4.94. The third-order valence-corrected chi connectivity index (χ3v) is 3.33. The van der Waals surface area contributed by atoms with Crippen molar-refractivity contribution in [2.75, 3.05) is 6.54 Å². The number of carbonyl (C=O) groups excluding carboxylic acids is 1. The largest absolute Gasteiger partial charge is 0.350 e. The topological polar surface area (TPSA) is 70.7 Å². The van der Waals surface area contributed by atoms with Crippen LogP contribution in [0.2, 0.25) is 0 Å². The quantitative estimate of drug-likeness (QED) is 0.835. The van der Waals surface area contributed by atoms with E-state index in [0.29, 0.717) is 12.2 Å². The van der Waals surface area contributed by atoms with Crippen LogP contribution in [-0.4, -0.2) is 27.6 Å². The Morgan fingerprint density at radius 3 is 3.11 bits per heavy atom. The zero-order valence-corrected chi connectivity index (χ0v) is 11.1. The van der Waals surface area contributed by atoms with Crippen LogP contribution >= 0.6 is 11.3 Å². The van der Waals surface area contributed by atoms with Gasteiger partial charge in [0, 0.05) is 30.2 Å². The van der Waals surface area contributed by atoms with E-state index in [2.05, 4.69) is 27.4 Å². The normalized spacial score (nSPS) is 10.5. The number of aryl methyl sites for hydroxylation is 1. The second kappa shape index (κ2) is 6.30. The Morgan fingerprint density at radius 2 is 2.39 bits per heavy atom. The summed E-state index contributed by atoms with van der Waals surface area (Å²) in [6.07, 6.45) is 4.48. The van der Waals surface area contributed by atoms with Crippen molar-refractivity contribution < 1.29 is 4.79 Å². The first kappa shape index (κ1) is 12.8. The molecule has 0 atom stereocenters. The van der Waals surface area contributed by atoms with Crippen LogP contribution in [0.4, 0.5) is 0 Å². The summed E-state index contributed by atoms with van der Waals surface area (Å²) in [6.45, 7) is 2.68. The summed E-state index contributed by atoms with van der Waals surface area (Å²) in [4.78, 5) is 15.9. The van der Waals surface area contributed by atoms with Crippen LogP contribution in [0, 0.1) is 0 Å². The molecule has 0 saturated heterocycles. The summed E-state index contributed by atoms with van der Waals surface area (Å²) >= 11 is 1.60. The van der Waals surface area contributed by atoms with Crippen molar-refractivity contribution in [2.24, 2.45) is 0 Å². The highest BCUT2D eigenvalue weighted by Crippen LogP contribution is 2.04. The van der Waals surface area contributed by atoms with Crippen molar-refractivity contribution in [1.29, 1.82) is 0 Å². The van der Waals surface area contributed by atoms with E-state index >= 15 is 0 Å². The van der Waals surface area contributed by atoms with Crippen molar-refractivity contribution in [2.45, 2.75) is 26.2 Å². The van der Waals surface area contributed by atoms with Crippen molar-refractivity contribution in [1.82, 2.24) is 20.5 Å². The van der Waals surface area contributed by atoms with E-state index in [1.165, 1.54) is 0 Å². The molecule has 1 amide bonds. The third kappa shape index (κ3) is 3.40. The van der Waals surface area contributed by atoms with Crippen molar-refractivity contribution in [3.05, 3.63) is 34.0 Å². The molecule has 2 N–H and O–H groups in total. The maximum Gasteiger partial charge on any atom is 0.271 e. The van der Waals surface area contributed by atoms with Gasteiger partial charge in [-0.3, -0.25) is 9.89 Å². The van der Waals surface area contributed by atoms with Crippen molar-refractivity contribution >= 4 is 17.2 Å². The fourth-order valence-corrected chi connectivity index (χ4v) is 2.25. The van der Waals surface area contributed by atoms with Gasteiger partial charge in [-0.05, 0) is 12.5 Å². The number of hydrogen-bond acceptors (Lipinski definition) is 4. The van der Waals surface area contributed by atoms with E-state index in [1.54, 1.807) is 17.5 Å². The number of aromatic amines is 1. The Morgan fingerprint density at radius 1 is 1.50 bits per heavy atom. The highest BCUT2D eigenvalue weighted by Gasteiger charge is 2.09. The zero-order chi connectivity index (χ0) is 12.8. The number of nitrogens with zero attached hydrogens (tertiary/aromatic N) is 2. The summed E-state index contributed by atoms with van der Waals surface area (Å²) in [5, 5.41) is 12.7. The highest BCUT2D eigenvalue weighted by molar-refractivity contribution is 7.09. The van der Waals surface area contributed by atoms with Gasteiger partial charge in [-0.2, -0.15) is 5.10 Å². The van der Waals surface area contributed by atoms with Gasteiger partial charge in [0.05, 0.1) is 5.01 Å². The number of carbonyl (C=O) groups is 1. The van der Waals surface area contributed by atoms with Crippen LogP contribution < -0.4 is 5.32 Å². The lowest BCUT2D eigenvalue weighted by atomic mass is 10.2. The monoisotopic (exact) mass is 264 g/mol. The zero-order valence-electron chi connectivity index (χ0n) is 10.3. The summed E-state index contributed by atoms with van der Waals surface area (Å²) < 4.78 is 0. The molecule has 6 heteroatoms. The number of H-pyrrole nitrogens is 1. The Hall–Kier alpha value is -1.69. The standard InChI is InChI=1S/C12H16N4OS/c1-2-3-9-8-10(16-15-9)12(17)14-5-4-11-13-6-7-18-11/h6-8H,2-5H2,1H3,(H,14,17)(H,15,16). The molecule has 0 spiro atoms. The molecule has 2 rings (SSSR count). The maximum absolute atomic E-state index is 11.8. The van der Waals surface area contributed by atoms with E-state index in [4.69, 9.17) is 0 Å². The second-order valence-electron chi connectivity index (χ2n) is 3.96. The Bertz CT molecular complexity index is 492. The molecular formula is C12H16N4OS. The highest BCUT2D eigenvalue weighted by atomic mass is 32.1. The molecule has 0 radical (unpaired) electrons. The third-order valence-electron chi connectivity index (χ3n) is 2.49. The predicted molar refractivity (Wildman–Crippen MR) is 70.7 cm³/mol. The van der Waals surface area contributed by atoms with Crippen LogP contribution in [0.3, 0.4) is 0 Å². The first-order valence-electron chi connectivity index (χ1n) is 6.00. The van der Waals surface area contributed by atoms with E-state index < -0.39 is 0 Å². The predicted octanol–water partition coefficient (Wildman–Crippen LogP) is 1.79. The summed E-state index contributed by atoms with van der Waals surface area (Å²) in [6, 6.07) is 1.81. The van der Waals surface area contributed by atoms with Gasteiger partial charge in [0.2, 0.25) is 0 Å². The van der Waals surface area contributed by atoms with Gasteiger partial charge in [0.15, 0.2) is 0 Å². The van der Waals surface area contributed by atoms with Crippen molar-refractivity contribution in [3.63, 3.8) is 0 Å². The minimum atomic E-state index is -0.134. The van der Waals surface area contributed by atoms with Crippen LogP contribution in [0.25, 0.3) is 0 Å². The fraction of sp³-hybridized carbons (Fsp3) is 0.417. The van der Waals surface area contributed by atoms with Crippen LogP contribution in [-0.2, 0) is 12.8 Å². The fourth-order valence-electron chi connectivity index (χ4n) is 1.63. The Balaban J connectivity index is 1.80. The number of thiazole rings is 1. The molecule has 0 saturated carbocycles. The molecule has 18 heavy (non-hydrogen) atoms. The average Bonchev–Trinajstić information content (AvgIpc) is 3.00. The molecule has 5 nitrogen and oxygen atoms in total. The maximum atomic E-state index is 11.8. The van der Waals surface area contributed by atoms with Gasteiger partial charge in [0.1, 0.15) is 5.69 Å². The average molecular weight is 264 g/mol. The van der Waals surface area contributed by atoms with Gasteiger partial charge in [-0.1, -0.05) is 13.3 Å². The molecule has 2 aromatic rings. The van der Waals surface area contributed by atoms with E-state index in [1.807, 2.05) is 11.4 Å². The van der Waals surface area contributed by atoms with Crippen LogP contribution in [0.1, 0.15) is 34.5 Å². The minimum absolute atomic E-state index is 0.134. The number of rotatable bonds is 6. The van der Waals surface area contributed by atoms with Gasteiger partial charge >= 0.3 is 0 Å². The summed E-state index contributed by atoms with van der Waals surface area (Å²) in [7, 11) is 0. The molecule has 0 aliphatic rings. The minimum Gasteiger partial charge on any atom is -0.350 e. The molecule has 0 unspecified atom stereocenters. The van der Waals surface area contributed by atoms with Gasteiger partial charge in [0.25, 0.3) is 5.91 Å². The number of amides is 1. The Labute approximate surface area is 110 Å². The lowest BCUT2D eigenvalue weighted by Crippen LogP contribution is -2.25. The molecule has 0 bridgehead atoms.